The molecule has 140 valence electrons. The van der Waals surface area contributed by atoms with Gasteiger partial charge in [0.1, 0.15) is 5.82 Å². The molecule has 0 bridgehead atoms. The third-order valence-electron chi connectivity index (χ3n) is 4.36. The Labute approximate surface area is 166 Å². The summed E-state index contributed by atoms with van der Waals surface area (Å²) in [7, 11) is 1.82. The van der Waals surface area contributed by atoms with E-state index in [2.05, 4.69) is 41.0 Å². The Morgan fingerprint density at radius 2 is 2.12 bits per heavy atom. The van der Waals surface area contributed by atoms with Crippen LogP contribution in [0.25, 0.3) is 0 Å². The van der Waals surface area contributed by atoms with Gasteiger partial charge < -0.3 is 10.2 Å². The molecule has 1 aromatic heterocycles. The molecule has 26 heavy (non-hydrogen) atoms. The first-order chi connectivity index (χ1) is 12.5. The van der Waals surface area contributed by atoms with Crippen LogP contribution in [-0.4, -0.2) is 54.0 Å². The molecule has 0 amide bonds. The van der Waals surface area contributed by atoms with Crippen molar-refractivity contribution < 1.29 is 4.39 Å². The zero-order valence-corrected chi connectivity index (χ0v) is 17.4. The predicted octanol–water partition coefficient (Wildman–Crippen LogP) is 3.25. The van der Waals surface area contributed by atoms with Gasteiger partial charge >= 0.3 is 0 Å². The van der Waals surface area contributed by atoms with Crippen LogP contribution < -0.4 is 5.32 Å². The maximum atomic E-state index is 13.7. The Kier molecular flexibility index (Phi) is 6.61. The van der Waals surface area contributed by atoms with E-state index in [1.54, 1.807) is 23.5 Å². The number of thiazole rings is 1. The van der Waals surface area contributed by atoms with Gasteiger partial charge in [0.2, 0.25) is 0 Å². The molecule has 2 heterocycles. The standard InChI is InChI=1S/C18H23BrFN5S/c1-13-22-10-15(26-13)11-23-18(21-2)25-7-5-24(6-8-25)12-14-3-4-16(19)17(20)9-14/h3-4,9-10H,5-8,11-12H2,1-2H3,(H,21,23). The molecule has 1 aliphatic rings. The van der Waals surface area contributed by atoms with Gasteiger partial charge in [-0.25, -0.2) is 9.37 Å². The Bertz CT molecular complexity index is 771. The molecule has 0 saturated carbocycles. The van der Waals surface area contributed by atoms with E-state index in [0.29, 0.717) is 4.47 Å². The summed E-state index contributed by atoms with van der Waals surface area (Å²) in [6.07, 6.45) is 1.91. The molecule has 0 aliphatic carbocycles. The number of rotatable bonds is 4. The number of hydrogen-bond acceptors (Lipinski definition) is 4. The molecule has 3 rings (SSSR count). The Hall–Kier alpha value is -1.51. The van der Waals surface area contributed by atoms with Crippen molar-refractivity contribution in [1.29, 1.82) is 0 Å². The van der Waals surface area contributed by atoms with Crippen LogP contribution in [0.5, 0.6) is 0 Å². The fourth-order valence-corrected chi connectivity index (χ4v) is 3.98. The number of nitrogens with one attached hydrogen (secondary N) is 1. The zero-order chi connectivity index (χ0) is 18.5. The van der Waals surface area contributed by atoms with Gasteiger partial charge in [0.05, 0.1) is 16.0 Å². The normalized spacial score (nSPS) is 16.2. The summed E-state index contributed by atoms with van der Waals surface area (Å²) in [5, 5.41) is 4.50. The molecule has 5 nitrogen and oxygen atoms in total. The van der Waals surface area contributed by atoms with Crippen LogP contribution in [0.4, 0.5) is 4.39 Å². The van der Waals surface area contributed by atoms with Gasteiger partial charge in [-0.1, -0.05) is 6.07 Å². The quantitative estimate of drug-likeness (QED) is 0.586. The lowest BCUT2D eigenvalue weighted by molar-refractivity contribution is 0.172. The maximum absolute atomic E-state index is 13.7. The minimum Gasteiger partial charge on any atom is -0.351 e. The van der Waals surface area contributed by atoms with Gasteiger partial charge in [-0.2, -0.15) is 0 Å². The van der Waals surface area contributed by atoms with Crippen molar-refractivity contribution in [3.63, 3.8) is 0 Å². The highest BCUT2D eigenvalue weighted by Crippen LogP contribution is 2.18. The third kappa shape index (κ3) is 5.02. The molecule has 1 aliphatic heterocycles. The van der Waals surface area contributed by atoms with Gasteiger partial charge in [-0.3, -0.25) is 9.89 Å². The van der Waals surface area contributed by atoms with Gasteiger partial charge in [0, 0.05) is 50.8 Å². The zero-order valence-electron chi connectivity index (χ0n) is 15.0. The van der Waals surface area contributed by atoms with Crippen molar-refractivity contribution in [3.8, 4) is 0 Å². The van der Waals surface area contributed by atoms with Crippen molar-refractivity contribution in [2.24, 2.45) is 4.99 Å². The number of guanidine groups is 1. The minimum absolute atomic E-state index is 0.205. The summed E-state index contributed by atoms with van der Waals surface area (Å²) in [4.78, 5) is 14.5. The second-order valence-electron chi connectivity index (χ2n) is 6.26. The van der Waals surface area contributed by atoms with Crippen LogP contribution in [0.1, 0.15) is 15.4 Å². The summed E-state index contributed by atoms with van der Waals surface area (Å²) < 4.78 is 14.2. The summed E-state index contributed by atoms with van der Waals surface area (Å²) in [5.74, 6) is 0.717. The summed E-state index contributed by atoms with van der Waals surface area (Å²) in [6, 6.07) is 5.35. The van der Waals surface area contributed by atoms with E-state index in [1.807, 2.05) is 26.2 Å². The SMILES string of the molecule is CN=C(NCc1cnc(C)s1)N1CCN(Cc2ccc(Br)c(F)c2)CC1. The molecular formula is C18H23BrFN5S. The fraction of sp³-hybridized carbons (Fsp3) is 0.444. The van der Waals surface area contributed by atoms with Crippen molar-refractivity contribution >= 4 is 33.2 Å². The van der Waals surface area contributed by atoms with Gasteiger partial charge in [0.15, 0.2) is 5.96 Å². The van der Waals surface area contributed by atoms with E-state index in [9.17, 15) is 4.39 Å². The first-order valence-corrected chi connectivity index (χ1v) is 10.2. The number of hydrogen-bond donors (Lipinski definition) is 1. The predicted molar refractivity (Wildman–Crippen MR) is 108 cm³/mol. The summed E-state index contributed by atoms with van der Waals surface area (Å²) in [5.41, 5.74) is 1.00. The van der Waals surface area contributed by atoms with Crippen LogP contribution in [-0.2, 0) is 13.1 Å². The highest BCUT2D eigenvalue weighted by Gasteiger charge is 2.20. The van der Waals surface area contributed by atoms with Crippen molar-refractivity contribution in [2.75, 3.05) is 33.2 Å². The fourth-order valence-electron chi connectivity index (χ4n) is 3.00. The number of aromatic nitrogens is 1. The Morgan fingerprint density at radius 3 is 2.73 bits per heavy atom. The number of piperazine rings is 1. The van der Waals surface area contributed by atoms with Crippen molar-refractivity contribution in [3.05, 3.63) is 50.1 Å². The molecular weight excluding hydrogens is 417 g/mol. The molecule has 1 N–H and O–H groups in total. The molecule has 8 heteroatoms. The molecule has 1 fully saturated rings. The smallest absolute Gasteiger partial charge is 0.194 e. The van der Waals surface area contributed by atoms with Crippen LogP contribution >= 0.6 is 27.3 Å². The van der Waals surface area contributed by atoms with E-state index in [-0.39, 0.29) is 5.82 Å². The largest absolute Gasteiger partial charge is 0.351 e. The average Bonchev–Trinajstić information content (AvgIpc) is 3.05. The van der Waals surface area contributed by atoms with Gasteiger partial charge in [-0.05, 0) is 40.5 Å². The van der Waals surface area contributed by atoms with Gasteiger partial charge in [-0.15, -0.1) is 11.3 Å². The third-order valence-corrected chi connectivity index (χ3v) is 5.92. The molecule has 0 radical (unpaired) electrons. The van der Waals surface area contributed by atoms with Gasteiger partial charge in [0.25, 0.3) is 0 Å². The maximum Gasteiger partial charge on any atom is 0.194 e. The number of benzene rings is 1. The summed E-state index contributed by atoms with van der Waals surface area (Å²) >= 11 is 4.90. The highest BCUT2D eigenvalue weighted by molar-refractivity contribution is 9.10. The molecule has 1 aromatic carbocycles. The second-order valence-corrected chi connectivity index (χ2v) is 8.43. The lowest BCUT2D eigenvalue weighted by Crippen LogP contribution is -2.52. The average molecular weight is 440 g/mol. The van der Waals surface area contributed by atoms with Crippen LogP contribution in [0.3, 0.4) is 0 Å². The molecule has 2 aromatic rings. The van der Waals surface area contributed by atoms with Crippen LogP contribution in [0.15, 0.2) is 33.9 Å². The summed E-state index contributed by atoms with van der Waals surface area (Å²) in [6.45, 7) is 7.19. The molecule has 1 saturated heterocycles. The Balaban J connectivity index is 1.49. The van der Waals surface area contributed by atoms with E-state index in [1.165, 1.54) is 4.88 Å². The topological polar surface area (TPSA) is 43.8 Å². The lowest BCUT2D eigenvalue weighted by atomic mass is 10.2. The number of nitrogens with zero attached hydrogens (tertiary/aromatic N) is 4. The number of aryl methyl sites for hydroxylation is 1. The van der Waals surface area contributed by atoms with E-state index in [4.69, 9.17) is 0 Å². The van der Waals surface area contributed by atoms with Crippen LogP contribution in [0.2, 0.25) is 0 Å². The van der Waals surface area contributed by atoms with Crippen molar-refractivity contribution in [2.45, 2.75) is 20.0 Å². The molecule has 0 spiro atoms. The monoisotopic (exact) mass is 439 g/mol. The number of halogens is 2. The van der Waals surface area contributed by atoms with E-state index in [0.717, 1.165) is 55.8 Å². The first-order valence-electron chi connectivity index (χ1n) is 8.58. The first kappa shape index (κ1) is 19.3. The Morgan fingerprint density at radius 1 is 1.35 bits per heavy atom. The van der Waals surface area contributed by atoms with Crippen molar-refractivity contribution in [1.82, 2.24) is 20.1 Å². The van der Waals surface area contributed by atoms with E-state index >= 15 is 0 Å². The second kappa shape index (κ2) is 8.92. The number of aliphatic imine (C=N–C) groups is 1. The lowest BCUT2D eigenvalue weighted by Gasteiger charge is -2.36. The van der Waals surface area contributed by atoms with E-state index < -0.39 is 0 Å². The molecule has 0 atom stereocenters. The highest BCUT2D eigenvalue weighted by atomic mass is 79.9. The van der Waals surface area contributed by atoms with Crippen LogP contribution in [0, 0.1) is 12.7 Å². The minimum atomic E-state index is -0.205. The molecule has 0 unspecified atom stereocenters.